The molecular formula is C19H17NO6. The Morgan fingerprint density at radius 3 is 2.12 bits per heavy atom. The molecule has 7 heteroatoms. The van der Waals surface area contributed by atoms with E-state index in [0.717, 1.165) is 25.3 Å². The third-order valence-corrected chi connectivity index (χ3v) is 3.56. The van der Waals surface area contributed by atoms with E-state index in [9.17, 15) is 24.3 Å². The van der Waals surface area contributed by atoms with Crippen LogP contribution >= 0.6 is 0 Å². The largest absolute Gasteiger partial charge is 0.477 e. The van der Waals surface area contributed by atoms with Gasteiger partial charge in [-0.15, -0.1) is 0 Å². The Labute approximate surface area is 149 Å². The van der Waals surface area contributed by atoms with E-state index in [1.54, 1.807) is 30.3 Å². The van der Waals surface area contributed by atoms with Gasteiger partial charge in [0, 0.05) is 26.3 Å². The van der Waals surface area contributed by atoms with Crippen LogP contribution in [-0.4, -0.2) is 33.8 Å². The summed E-state index contributed by atoms with van der Waals surface area (Å²) < 4.78 is 5.17. The number of imide groups is 1. The molecule has 0 heterocycles. The minimum Gasteiger partial charge on any atom is -0.477 e. The number of rotatable bonds is 4. The topological polar surface area (TPSA) is 101 Å². The fourth-order valence-corrected chi connectivity index (χ4v) is 2.59. The quantitative estimate of drug-likeness (QED) is 0.514. The van der Waals surface area contributed by atoms with Crippen molar-refractivity contribution in [2.45, 2.75) is 20.8 Å². The van der Waals surface area contributed by atoms with E-state index >= 15 is 0 Å². The molecule has 0 atom stereocenters. The second-order valence-electron chi connectivity index (χ2n) is 5.50. The van der Waals surface area contributed by atoms with Gasteiger partial charge in [0.1, 0.15) is 11.4 Å². The monoisotopic (exact) mass is 355 g/mol. The van der Waals surface area contributed by atoms with Crippen molar-refractivity contribution in [1.29, 1.82) is 0 Å². The van der Waals surface area contributed by atoms with Crippen LogP contribution in [0, 0.1) is 0 Å². The SMILES string of the molecule is CC(=O)Oc1ccc2ccccc2c1/C=C(\C(=O)O)N(C(C)=O)C(C)=O. The van der Waals surface area contributed by atoms with Gasteiger partial charge < -0.3 is 9.84 Å². The molecule has 0 unspecified atom stereocenters. The van der Waals surface area contributed by atoms with E-state index < -0.39 is 29.5 Å². The highest BCUT2D eigenvalue weighted by atomic mass is 16.5. The lowest BCUT2D eigenvalue weighted by Gasteiger charge is -2.18. The van der Waals surface area contributed by atoms with Crippen LogP contribution < -0.4 is 4.74 Å². The molecule has 2 aromatic carbocycles. The highest BCUT2D eigenvalue weighted by molar-refractivity contribution is 6.07. The molecule has 0 bridgehead atoms. The number of carbonyl (C=O) groups excluding carboxylic acids is 3. The first kappa shape index (κ1) is 18.9. The maximum absolute atomic E-state index is 11.8. The normalized spacial score (nSPS) is 11.1. The first-order valence-electron chi connectivity index (χ1n) is 7.68. The van der Waals surface area contributed by atoms with Crippen molar-refractivity contribution in [3.63, 3.8) is 0 Å². The maximum Gasteiger partial charge on any atom is 0.353 e. The Bertz CT molecular complexity index is 930. The number of carboxylic acids is 1. The summed E-state index contributed by atoms with van der Waals surface area (Å²) in [6, 6.07) is 10.3. The molecule has 134 valence electrons. The van der Waals surface area contributed by atoms with E-state index in [0.29, 0.717) is 10.3 Å². The fraction of sp³-hybridized carbons (Fsp3) is 0.158. The van der Waals surface area contributed by atoms with Crippen molar-refractivity contribution in [2.75, 3.05) is 0 Å². The molecule has 26 heavy (non-hydrogen) atoms. The summed E-state index contributed by atoms with van der Waals surface area (Å²) in [5.74, 6) is -3.39. The number of carbonyl (C=O) groups is 4. The molecule has 0 saturated heterocycles. The van der Waals surface area contributed by atoms with E-state index in [2.05, 4.69) is 0 Å². The van der Waals surface area contributed by atoms with Crippen molar-refractivity contribution in [3.8, 4) is 5.75 Å². The van der Waals surface area contributed by atoms with Gasteiger partial charge in [-0.05, 0) is 22.9 Å². The predicted octanol–water partition coefficient (Wildman–Crippen LogP) is 2.59. The van der Waals surface area contributed by atoms with Gasteiger partial charge in [-0.2, -0.15) is 0 Å². The number of nitrogens with zero attached hydrogens (tertiary/aromatic N) is 1. The number of hydrogen-bond donors (Lipinski definition) is 1. The average molecular weight is 355 g/mol. The van der Waals surface area contributed by atoms with E-state index in [1.807, 2.05) is 0 Å². The number of amides is 2. The molecule has 0 aliphatic heterocycles. The number of esters is 1. The molecule has 0 spiro atoms. The molecule has 1 N–H and O–H groups in total. The summed E-state index contributed by atoms with van der Waals surface area (Å²) in [6.45, 7) is 3.40. The van der Waals surface area contributed by atoms with Crippen LogP contribution in [0.25, 0.3) is 16.8 Å². The number of aliphatic carboxylic acids is 1. The molecule has 2 amide bonds. The van der Waals surface area contributed by atoms with Crippen LogP contribution in [0.3, 0.4) is 0 Å². The van der Waals surface area contributed by atoms with Gasteiger partial charge in [-0.25, -0.2) is 9.69 Å². The number of carboxylic acid groups (broad SMARTS) is 1. The Kier molecular flexibility index (Phi) is 5.51. The lowest BCUT2D eigenvalue weighted by molar-refractivity contribution is -0.146. The maximum atomic E-state index is 11.8. The van der Waals surface area contributed by atoms with Crippen LogP contribution in [0.1, 0.15) is 26.3 Å². The average Bonchev–Trinajstić information content (AvgIpc) is 2.54. The Morgan fingerprint density at radius 1 is 0.962 bits per heavy atom. The summed E-state index contributed by atoms with van der Waals surface area (Å²) in [6.07, 6.45) is 1.16. The molecule has 0 aliphatic carbocycles. The number of benzene rings is 2. The van der Waals surface area contributed by atoms with Crippen LogP contribution in [0.5, 0.6) is 5.75 Å². The van der Waals surface area contributed by atoms with Gasteiger partial charge in [0.25, 0.3) is 0 Å². The van der Waals surface area contributed by atoms with Gasteiger partial charge in [0.05, 0.1) is 0 Å². The molecule has 0 aliphatic rings. The molecule has 7 nitrogen and oxygen atoms in total. The predicted molar refractivity (Wildman–Crippen MR) is 94.1 cm³/mol. The number of hydrogen-bond acceptors (Lipinski definition) is 5. The van der Waals surface area contributed by atoms with Gasteiger partial charge in [-0.3, -0.25) is 14.4 Å². The Morgan fingerprint density at radius 2 is 1.58 bits per heavy atom. The zero-order valence-corrected chi connectivity index (χ0v) is 14.5. The summed E-state index contributed by atoms with van der Waals surface area (Å²) in [5.41, 5.74) is -0.252. The molecule has 2 rings (SSSR count). The lowest BCUT2D eigenvalue weighted by atomic mass is 10.0. The second kappa shape index (κ2) is 7.60. The van der Waals surface area contributed by atoms with Crippen molar-refractivity contribution >= 4 is 40.6 Å². The van der Waals surface area contributed by atoms with Gasteiger partial charge in [-0.1, -0.05) is 30.3 Å². The van der Waals surface area contributed by atoms with Crippen LogP contribution in [0.15, 0.2) is 42.1 Å². The minimum atomic E-state index is -1.46. The molecule has 2 aromatic rings. The Hall–Kier alpha value is -3.48. The van der Waals surface area contributed by atoms with Crippen LogP contribution in [0.2, 0.25) is 0 Å². The molecular weight excluding hydrogens is 338 g/mol. The van der Waals surface area contributed by atoms with Gasteiger partial charge >= 0.3 is 11.9 Å². The third-order valence-electron chi connectivity index (χ3n) is 3.56. The van der Waals surface area contributed by atoms with E-state index in [-0.39, 0.29) is 11.3 Å². The first-order chi connectivity index (χ1) is 12.2. The molecule has 0 saturated carbocycles. The van der Waals surface area contributed by atoms with Gasteiger partial charge in [0.2, 0.25) is 11.8 Å². The number of ether oxygens (including phenoxy) is 1. The van der Waals surface area contributed by atoms with Gasteiger partial charge in [0.15, 0.2) is 0 Å². The van der Waals surface area contributed by atoms with Crippen LogP contribution in [0.4, 0.5) is 0 Å². The van der Waals surface area contributed by atoms with E-state index in [1.165, 1.54) is 13.0 Å². The smallest absolute Gasteiger partial charge is 0.353 e. The lowest BCUT2D eigenvalue weighted by Crippen LogP contribution is -2.35. The summed E-state index contributed by atoms with van der Waals surface area (Å²) in [4.78, 5) is 47.2. The second-order valence-corrected chi connectivity index (χ2v) is 5.50. The number of fused-ring (bicyclic) bond motifs is 1. The zero-order chi connectivity index (χ0) is 19.4. The van der Waals surface area contributed by atoms with Crippen LogP contribution in [-0.2, 0) is 19.2 Å². The van der Waals surface area contributed by atoms with Crippen molar-refractivity contribution < 1.29 is 29.0 Å². The minimum absolute atomic E-state index is 0.127. The van der Waals surface area contributed by atoms with Crippen molar-refractivity contribution in [1.82, 2.24) is 4.90 Å². The summed E-state index contributed by atoms with van der Waals surface area (Å²) in [5, 5.41) is 10.9. The fourth-order valence-electron chi connectivity index (χ4n) is 2.59. The zero-order valence-electron chi connectivity index (χ0n) is 14.5. The van der Waals surface area contributed by atoms with E-state index in [4.69, 9.17) is 4.74 Å². The molecule has 0 aromatic heterocycles. The summed E-state index contributed by atoms with van der Waals surface area (Å²) in [7, 11) is 0. The van der Waals surface area contributed by atoms with Crippen molar-refractivity contribution in [3.05, 3.63) is 47.7 Å². The van der Waals surface area contributed by atoms with Crippen molar-refractivity contribution in [2.24, 2.45) is 0 Å². The molecule has 0 radical (unpaired) electrons. The third kappa shape index (κ3) is 3.94. The summed E-state index contributed by atoms with van der Waals surface area (Å²) >= 11 is 0. The molecule has 0 fully saturated rings. The standard InChI is InChI=1S/C19H17NO6/c1-11(21)20(12(2)22)17(19(24)25)10-16-15-7-5-4-6-14(15)8-9-18(16)26-13(3)23/h4-10H,1-3H3,(H,24,25)/b17-10+. The first-order valence-corrected chi connectivity index (χ1v) is 7.68. The highest BCUT2D eigenvalue weighted by Crippen LogP contribution is 2.31. The Balaban J connectivity index is 2.81. The highest BCUT2D eigenvalue weighted by Gasteiger charge is 2.25.